The molecule has 15 heavy (non-hydrogen) atoms. The Hall–Kier alpha value is -0.300. The van der Waals surface area contributed by atoms with Gasteiger partial charge in [0, 0.05) is 4.47 Å². The van der Waals surface area contributed by atoms with E-state index in [-0.39, 0.29) is 0 Å². The zero-order valence-corrected chi connectivity index (χ0v) is 11.2. The maximum atomic E-state index is 3.64. The van der Waals surface area contributed by atoms with E-state index in [9.17, 15) is 0 Å². The number of hydrogen-bond donors (Lipinski definition) is 0. The molecule has 0 nitrogen and oxygen atoms in total. The second-order valence-corrected chi connectivity index (χ2v) is 5.60. The first-order valence-electron chi connectivity index (χ1n) is 5.95. The Balaban J connectivity index is 2.27. The molecule has 1 aromatic rings. The fourth-order valence-corrected chi connectivity index (χ4v) is 2.88. The van der Waals surface area contributed by atoms with Crippen LogP contribution in [0.15, 0.2) is 16.6 Å². The molecule has 0 N–H and O–H groups in total. The zero-order chi connectivity index (χ0) is 10.8. The van der Waals surface area contributed by atoms with Gasteiger partial charge in [0.1, 0.15) is 0 Å². The largest absolute Gasteiger partial charge is 0.0547 e. The lowest BCUT2D eigenvalue weighted by molar-refractivity contribution is 0.443. The summed E-state index contributed by atoms with van der Waals surface area (Å²) in [4.78, 5) is 0. The van der Waals surface area contributed by atoms with Gasteiger partial charge < -0.3 is 0 Å². The van der Waals surface area contributed by atoms with E-state index in [4.69, 9.17) is 0 Å². The predicted octanol–water partition coefficient (Wildman–Crippen LogP) is 5.11. The fraction of sp³-hybridized carbons (Fsp3) is 0.571. The Morgan fingerprint density at radius 3 is 2.07 bits per heavy atom. The SMILES string of the molecule is Cc1cc(C2CCCCC2)cc(C)c1Br. The van der Waals surface area contributed by atoms with E-state index in [1.54, 1.807) is 5.56 Å². The molecule has 0 saturated heterocycles. The molecule has 1 heteroatoms. The molecule has 0 amide bonds. The lowest BCUT2D eigenvalue weighted by atomic mass is 9.83. The first-order chi connectivity index (χ1) is 7.18. The molecular formula is C14H19Br. The van der Waals surface area contributed by atoms with Crippen LogP contribution < -0.4 is 0 Å². The molecule has 0 radical (unpaired) electrons. The summed E-state index contributed by atoms with van der Waals surface area (Å²) >= 11 is 3.64. The van der Waals surface area contributed by atoms with Crippen molar-refractivity contribution in [2.24, 2.45) is 0 Å². The second-order valence-electron chi connectivity index (χ2n) is 4.80. The quantitative estimate of drug-likeness (QED) is 0.663. The highest BCUT2D eigenvalue weighted by molar-refractivity contribution is 9.10. The maximum absolute atomic E-state index is 3.64. The van der Waals surface area contributed by atoms with Crippen LogP contribution in [-0.2, 0) is 0 Å². The highest BCUT2D eigenvalue weighted by Crippen LogP contribution is 2.35. The molecule has 0 heterocycles. The third-order valence-corrected chi connectivity index (χ3v) is 4.79. The number of hydrogen-bond acceptors (Lipinski definition) is 0. The number of halogens is 1. The standard InChI is InChI=1S/C14H19Br/c1-10-8-13(9-11(2)14(10)15)12-6-4-3-5-7-12/h8-9,12H,3-7H2,1-2H3. The first kappa shape index (κ1) is 11.2. The van der Waals surface area contributed by atoms with E-state index in [1.165, 1.54) is 47.7 Å². The number of rotatable bonds is 1. The van der Waals surface area contributed by atoms with Crippen molar-refractivity contribution in [3.8, 4) is 0 Å². The van der Waals surface area contributed by atoms with Crippen molar-refractivity contribution in [2.75, 3.05) is 0 Å². The van der Waals surface area contributed by atoms with Gasteiger partial charge in [-0.3, -0.25) is 0 Å². The normalized spacial score (nSPS) is 18.1. The predicted molar refractivity (Wildman–Crippen MR) is 69.4 cm³/mol. The van der Waals surface area contributed by atoms with Gasteiger partial charge in [-0.25, -0.2) is 0 Å². The molecule has 0 bridgehead atoms. The van der Waals surface area contributed by atoms with Crippen molar-refractivity contribution in [1.82, 2.24) is 0 Å². The number of benzene rings is 1. The molecule has 2 rings (SSSR count). The van der Waals surface area contributed by atoms with Crippen molar-refractivity contribution >= 4 is 15.9 Å². The van der Waals surface area contributed by atoms with Gasteiger partial charge in [0.05, 0.1) is 0 Å². The average molecular weight is 267 g/mol. The van der Waals surface area contributed by atoms with Gasteiger partial charge in [0.2, 0.25) is 0 Å². The summed E-state index contributed by atoms with van der Waals surface area (Å²) in [6.45, 7) is 4.40. The van der Waals surface area contributed by atoms with Crippen molar-refractivity contribution in [3.05, 3.63) is 33.3 Å². The van der Waals surface area contributed by atoms with Gasteiger partial charge in [-0.05, 0) is 49.3 Å². The average Bonchev–Trinajstić information content (AvgIpc) is 2.26. The smallest absolute Gasteiger partial charge is 0.0233 e. The van der Waals surface area contributed by atoms with Crippen molar-refractivity contribution in [1.29, 1.82) is 0 Å². The van der Waals surface area contributed by atoms with E-state index in [0.29, 0.717) is 0 Å². The molecule has 1 saturated carbocycles. The van der Waals surface area contributed by atoms with Crippen LogP contribution in [0.3, 0.4) is 0 Å². The van der Waals surface area contributed by atoms with E-state index < -0.39 is 0 Å². The third-order valence-electron chi connectivity index (χ3n) is 3.54. The summed E-state index contributed by atoms with van der Waals surface area (Å²) < 4.78 is 1.28. The summed E-state index contributed by atoms with van der Waals surface area (Å²) in [5.41, 5.74) is 4.33. The topological polar surface area (TPSA) is 0 Å². The van der Waals surface area contributed by atoms with Crippen LogP contribution in [0.5, 0.6) is 0 Å². The van der Waals surface area contributed by atoms with E-state index in [1.807, 2.05) is 0 Å². The van der Waals surface area contributed by atoms with Crippen LogP contribution in [0.1, 0.15) is 54.7 Å². The number of aryl methyl sites for hydroxylation is 2. The first-order valence-corrected chi connectivity index (χ1v) is 6.74. The van der Waals surface area contributed by atoms with Gasteiger partial charge in [-0.1, -0.05) is 47.3 Å². The molecular weight excluding hydrogens is 248 g/mol. The molecule has 0 spiro atoms. The van der Waals surface area contributed by atoms with Crippen molar-refractivity contribution < 1.29 is 0 Å². The monoisotopic (exact) mass is 266 g/mol. The molecule has 0 aliphatic heterocycles. The molecule has 1 aliphatic rings. The summed E-state index contributed by atoms with van der Waals surface area (Å²) in [6, 6.07) is 4.74. The second kappa shape index (κ2) is 4.69. The molecule has 82 valence electrons. The highest BCUT2D eigenvalue weighted by Gasteiger charge is 2.16. The molecule has 1 aromatic carbocycles. The van der Waals surface area contributed by atoms with Crippen molar-refractivity contribution in [3.63, 3.8) is 0 Å². The van der Waals surface area contributed by atoms with Gasteiger partial charge >= 0.3 is 0 Å². The van der Waals surface area contributed by atoms with Gasteiger partial charge in [0.25, 0.3) is 0 Å². The maximum Gasteiger partial charge on any atom is 0.0233 e. The fourth-order valence-electron chi connectivity index (χ4n) is 2.65. The summed E-state index contributed by atoms with van der Waals surface area (Å²) in [6.07, 6.45) is 7.05. The van der Waals surface area contributed by atoms with Crippen LogP contribution in [0, 0.1) is 13.8 Å². The molecule has 0 aromatic heterocycles. The van der Waals surface area contributed by atoms with Crippen LogP contribution in [0.4, 0.5) is 0 Å². The molecule has 0 atom stereocenters. The Kier molecular flexibility index (Phi) is 3.50. The Labute approximate surface area is 101 Å². The lowest BCUT2D eigenvalue weighted by Crippen LogP contribution is -2.05. The highest BCUT2D eigenvalue weighted by atomic mass is 79.9. The van der Waals surface area contributed by atoms with Crippen LogP contribution in [0.25, 0.3) is 0 Å². The zero-order valence-electron chi connectivity index (χ0n) is 9.65. The molecule has 1 aliphatic carbocycles. The summed E-state index contributed by atoms with van der Waals surface area (Å²) in [5.74, 6) is 0.823. The summed E-state index contributed by atoms with van der Waals surface area (Å²) in [7, 11) is 0. The minimum atomic E-state index is 0.823. The minimum absolute atomic E-state index is 0.823. The van der Waals surface area contributed by atoms with E-state index in [0.717, 1.165) is 5.92 Å². The van der Waals surface area contributed by atoms with Crippen molar-refractivity contribution in [2.45, 2.75) is 51.9 Å². The Morgan fingerprint density at radius 2 is 1.53 bits per heavy atom. The minimum Gasteiger partial charge on any atom is -0.0547 e. The Morgan fingerprint density at radius 1 is 1.00 bits per heavy atom. The van der Waals surface area contributed by atoms with Crippen LogP contribution >= 0.6 is 15.9 Å². The van der Waals surface area contributed by atoms with Gasteiger partial charge in [0.15, 0.2) is 0 Å². The third kappa shape index (κ3) is 2.44. The van der Waals surface area contributed by atoms with Gasteiger partial charge in [-0.15, -0.1) is 0 Å². The van der Waals surface area contributed by atoms with Crippen LogP contribution in [0.2, 0.25) is 0 Å². The molecule has 0 unspecified atom stereocenters. The van der Waals surface area contributed by atoms with E-state index >= 15 is 0 Å². The summed E-state index contributed by atoms with van der Waals surface area (Å²) in [5, 5.41) is 0. The molecule has 1 fully saturated rings. The Bertz CT molecular complexity index is 325. The lowest BCUT2D eigenvalue weighted by Gasteiger charge is -2.23. The van der Waals surface area contributed by atoms with Gasteiger partial charge in [-0.2, -0.15) is 0 Å². The van der Waals surface area contributed by atoms with E-state index in [2.05, 4.69) is 41.9 Å². The van der Waals surface area contributed by atoms with Crippen LogP contribution in [-0.4, -0.2) is 0 Å².